The van der Waals surface area contributed by atoms with Crippen LogP contribution >= 0.6 is 23.2 Å². The molecule has 0 saturated heterocycles. The molecule has 5 rings (SSSR count). The summed E-state index contributed by atoms with van der Waals surface area (Å²) in [6.07, 6.45) is -3.29. The Balaban J connectivity index is 1.56. The van der Waals surface area contributed by atoms with Crippen LogP contribution in [0.4, 0.5) is 19.1 Å². The maximum atomic E-state index is 14.2. The number of hydrogen-bond donors (Lipinski definition) is 1. The van der Waals surface area contributed by atoms with Crippen molar-refractivity contribution in [2.24, 2.45) is 7.05 Å². The molecule has 2 atom stereocenters. The minimum Gasteiger partial charge on any atom is -0.460 e. The van der Waals surface area contributed by atoms with Crippen molar-refractivity contribution >= 4 is 55.2 Å². The van der Waals surface area contributed by atoms with Crippen LogP contribution in [-0.4, -0.2) is 63.8 Å². The number of rotatable bonds is 8. The molecular formula is C30H29Cl2F3N6O5Si. The minimum absolute atomic E-state index is 0.0131. The molecule has 2 aromatic carbocycles. The molecule has 47 heavy (non-hydrogen) atoms. The summed E-state index contributed by atoms with van der Waals surface area (Å²) >= 11 is 12.2. The first kappa shape index (κ1) is 34.0. The number of fused-ring (bicyclic) bond motifs is 1. The number of halogens is 5. The molecule has 4 aromatic rings. The van der Waals surface area contributed by atoms with Crippen molar-refractivity contribution in [1.29, 1.82) is 0 Å². The van der Waals surface area contributed by atoms with E-state index in [4.69, 9.17) is 32.9 Å². The number of nitrogens with zero attached hydrogens (tertiary/aromatic N) is 5. The maximum absolute atomic E-state index is 14.2. The van der Waals surface area contributed by atoms with Gasteiger partial charge < -0.3 is 23.9 Å². The molecule has 0 radical (unpaired) electrons. The smallest absolute Gasteiger partial charge is 0.460 e. The van der Waals surface area contributed by atoms with E-state index in [0.717, 1.165) is 0 Å². The van der Waals surface area contributed by atoms with E-state index in [2.05, 4.69) is 14.7 Å². The highest BCUT2D eigenvalue weighted by Gasteiger charge is 2.34. The van der Waals surface area contributed by atoms with Crippen molar-refractivity contribution < 1.29 is 32.2 Å². The molecule has 11 nitrogen and oxygen atoms in total. The van der Waals surface area contributed by atoms with Crippen LogP contribution in [0.1, 0.15) is 46.1 Å². The van der Waals surface area contributed by atoms with E-state index in [0.29, 0.717) is 27.0 Å². The average molecular weight is 710 g/mol. The summed E-state index contributed by atoms with van der Waals surface area (Å²) in [6, 6.07) is 9.63. The summed E-state index contributed by atoms with van der Waals surface area (Å²) in [6.45, 7) is 5.48. The summed E-state index contributed by atoms with van der Waals surface area (Å²) in [5, 5.41) is 1.23. The fraction of sp³-hybridized carbons (Fsp3) is 0.300. The van der Waals surface area contributed by atoms with E-state index in [1.165, 1.54) is 51.7 Å². The molecular weight excluding hydrogens is 680 g/mol. The Hall–Kier alpha value is -4.34. The van der Waals surface area contributed by atoms with Gasteiger partial charge in [-0.15, -0.1) is 13.2 Å². The number of imidazole rings is 1. The number of carbonyl (C=O) groups is 2. The Kier molecular flexibility index (Phi) is 9.70. The summed E-state index contributed by atoms with van der Waals surface area (Å²) in [4.78, 5) is 54.2. The van der Waals surface area contributed by atoms with Gasteiger partial charge >= 0.3 is 12.3 Å². The Morgan fingerprint density at radius 2 is 1.83 bits per heavy atom. The lowest BCUT2D eigenvalue weighted by Gasteiger charge is -2.35. The van der Waals surface area contributed by atoms with Gasteiger partial charge in [0, 0.05) is 24.2 Å². The molecule has 1 aliphatic rings. The number of anilines is 1. The molecule has 0 aliphatic carbocycles. The standard InChI is InChI=1S/C30H29Cl2F3N6O5Si/c1-5-45-28(44)25-36-14-24(39(25)3)41-27(43)20-12-16(2)40(26(42)17-6-11-21(31)22(32)13-17)15-23(20)37-29(41)38-47(4)19-9-7-18(8-10-19)46-30(33,34)35/h6-11,13-14,16,47H,5,12,15H2,1-4H3,(H,37,38)/t16-,47+/m1/s1. The summed E-state index contributed by atoms with van der Waals surface area (Å²) in [7, 11) is -0.696. The highest BCUT2D eigenvalue weighted by Crippen LogP contribution is 2.28. The van der Waals surface area contributed by atoms with Crippen molar-refractivity contribution in [1.82, 2.24) is 24.0 Å². The Labute approximate surface area is 278 Å². The minimum atomic E-state index is -4.83. The molecule has 3 heterocycles. The highest BCUT2D eigenvalue weighted by molar-refractivity contribution is 6.74. The van der Waals surface area contributed by atoms with Gasteiger partial charge in [0.05, 0.1) is 35.1 Å². The van der Waals surface area contributed by atoms with E-state index in [-0.39, 0.29) is 53.8 Å². The first-order chi connectivity index (χ1) is 22.2. The van der Waals surface area contributed by atoms with Gasteiger partial charge in [-0.2, -0.15) is 0 Å². The number of hydrogen-bond acceptors (Lipinski definition) is 8. The zero-order chi connectivity index (χ0) is 34.2. The van der Waals surface area contributed by atoms with Crippen LogP contribution in [0, 0.1) is 0 Å². The maximum Gasteiger partial charge on any atom is 0.573 e. The largest absolute Gasteiger partial charge is 0.573 e. The van der Waals surface area contributed by atoms with Gasteiger partial charge in [0.25, 0.3) is 11.5 Å². The predicted octanol–water partition coefficient (Wildman–Crippen LogP) is 4.61. The second-order valence-electron chi connectivity index (χ2n) is 10.8. The molecule has 1 N–H and O–H groups in total. The van der Waals surface area contributed by atoms with Crippen LogP contribution in [-0.2, 0) is 24.8 Å². The van der Waals surface area contributed by atoms with Gasteiger partial charge in [0.1, 0.15) is 11.6 Å². The number of aromatic nitrogens is 4. The number of ether oxygens (including phenoxy) is 2. The van der Waals surface area contributed by atoms with Crippen molar-refractivity contribution in [3.63, 3.8) is 0 Å². The number of nitrogens with one attached hydrogen (secondary N) is 1. The zero-order valence-corrected chi connectivity index (χ0v) is 28.2. The summed E-state index contributed by atoms with van der Waals surface area (Å²) < 4.78 is 49.9. The van der Waals surface area contributed by atoms with Crippen LogP contribution in [0.3, 0.4) is 0 Å². The first-order valence-corrected chi connectivity index (χ1v) is 17.5. The molecule has 248 valence electrons. The van der Waals surface area contributed by atoms with Gasteiger partial charge in [-0.05, 0) is 55.8 Å². The fourth-order valence-corrected chi connectivity index (χ4v) is 7.08. The first-order valence-electron chi connectivity index (χ1n) is 14.4. The molecule has 0 saturated carbocycles. The molecule has 1 amide bonds. The number of carbonyl (C=O) groups excluding carboxylic acids is 2. The molecule has 0 unspecified atom stereocenters. The molecule has 1 aliphatic heterocycles. The molecule has 0 spiro atoms. The van der Waals surface area contributed by atoms with Crippen LogP contribution in [0.15, 0.2) is 53.5 Å². The monoisotopic (exact) mass is 708 g/mol. The van der Waals surface area contributed by atoms with Crippen LogP contribution in [0.25, 0.3) is 5.82 Å². The molecule has 0 fully saturated rings. The van der Waals surface area contributed by atoms with Gasteiger partial charge in [-0.25, -0.2) is 19.3 Å². The Morgan fingerprint density at radius 3 is 2.47 bits per heavy atom. The normalized spacial score (nSPS) is 15.2. The Bertz CT molecular complexity index is 1900. The lowest BCUT2D eigenvalue weighted by molar-refractivity contribution is -0.274. The van der Waals surface area contributed by atoms with Crippen LogP contribution < -0.4 is 20.5 Å². The number of esters is 1. The Morgan fingerprint density at radius 1 is 1.13 bits per heavy atom. The topological polar surface area (TPSA) is 121 Å². The van der Waals surface area contributed by atoms with Crippen molar-refractivity contribution in [2.75, 3.05) is 11.6 Å². The second-order valence-corrected chi connectivity index (χ2v) is 14.0. The van der Waals surface area contributed by atoms with Crippen LogP contribution in [0.2, 0.25) is 16.6 Å². The number of amides is 1. The van der Waals surface area contributed by atoms with Crippen molar-refractivity contribution in [3.05, 3.63) is 91.7 Å². The average Bonchev–Trinajstić information content (AvgIpc) is 3.38. The molecule has 2 aromatic heterocycles. The van der Waals surface area contributed by atoms with E-state index in [9.17, 15) is 27.6 Å². The lowest BCUT2D eigenvalue weighted by Crippen LogP contribution is -2.47. The third kappa shape index (κ3) is 7.16. The van der Waals surface area contributed by atoms with Gasteiger partial charge in [0.2, 0.25) is 11.8 Å². The predicted molar refractivity (Wildman–Crippen MR) is 171 cm³/mol. The van der Waals surface area contributed by atoms with E-state index in [1.807, 2.05) is 13.5 Å². The van der Waals surface area contributed by atoms with Gasteiger partial charge in [-0.1, -0.05) is 41.9 Å². The second kappa shape index (κ2) is 13.4. The van der Waals surface area contributed by atoms with Crippen molar-refractivity contribution in [2.45, 2.75) is 45.8 Å². The quantitative estimate of drug-likeness (QED) is 0.208. The summed E-state index contributed by atoms with van der Waals surface area (Å²) in [5.41, 5.74) is 0.632. The molecule has 0 bridgehead atoms. The van der Waals surface area contributed by atoms with E-state index in [1.54, 1.807) is 24.9 Å². The number of benzene rings is 2. The SMILES string of the molecule is CCOC(=O)c1ncc(-n2c(N[Si@@H](C)c3ccc(OC(F)(F)F)cc3)nc3c(c2=O)C[C@@H](C)N(C(=O)c2ccc(Cl)c(Cl)c2)C3)n1C. The molecule has 17 heteroatoms. The van der Waals surface area contributed by atoms with Crippen molar-refractivity contribution in [3.8, 4) is 11.6 Å². The third-order valence-electron chi connectivity index (χ3n) is 7.65. The number of alkyl halides is 3. The third-order valence-corrected chi connectivity index (χ3v) is 10.5. The van der Waals surface area contributed by atoms with Gasteiger partial charge in [-0.3, -0.25) is 9.59 Å². The lowest BCUT2D eigenvalue weighted by atomic mass is 9.98. The van der Waals surface area contributed by atoms with Crippen LogP contribution in [0.5, 0.6) is 5.75 Å². The van der Waals surface area contributed by atoms with Gasteiger partial charge in [0.15, 0.2) is 8.96 Å². The fourth-order valence-electron chi connectivity index (χ4n) is 5.26. The van der Waals surface area contributed by atoms with E-state index >= 15 is 0 Å². The summed E-state index contributed by atoms with van der Waals surface area (Å²) in [5.74, 6) is -1.06. The zero-order valence-electron chi connectivity index (χ0n) is 25.6. The highest BCUT2D eigenvalue weighted by atomic mass is 35.5. The van der Waals surface area contributed by atoms with E-state index < -0.39 is 32.9 Å².